The Bertz CT molecular complexity index is 666. The van der Waals surface area contributed by atoms with E-state index in [2.05, 4.69) is 5.32 Å². The molecule has 0 radical (unpaired) electrons. The third kappa shape index (κ3) is 5.23. The number of hydrogen-bond donors (Lipinski definition) is 1. The molecule has 136 valence electrons. The summed E-state index contributed by atoms with van der Waals surface area (Å²) in [5.74, 6) is -1.39. The molecule has 2 rings (SSSR count). The van der Waals surface area contributed by atoms with Gasteiger partial charge in [-0.15, -0.1) is 0 Å². The lowest BCUT2D eigenvalue weighted by Gasteiger charge is -2.22. The maximum Gasteiger partial charge on any atom is 0.416 e. The summed E-state index contributed by atoms with van der Waals surface area (Å²) in [6, 6.07) is 3.25. The third-order valence-electron chi connectivity index (χ3n) is 3.69. The predicted octanol–water partition coefficient (Wildman–Crippen LogP) is 3.36. The Morgan fingerprint density at radius 1 is 1.28 bits per heavy atom. The van der Waals surface area contributed by atoms with Crippen molar-refractivity contribution < 1.29 is 27.5 Å². The van der Waals surface area contributed by atoms with Gasteiger partial charge >= 0.3 is 12.1 Å². The van der Waals surface area contributed by atoms with E-state index in [9.17, 15) is 22.8 Å². The lowest BCUT2D eigenvalue weighted by molar-refractivity contribution is -0.142. The van der Waals surface area contributed by atoms with E-state index in [1.54, 1.807) is 6.92 Å². The number of carbonyl (C=O) groups excluding carboxylic acids is 2. The number of rotatable bonds is 5. The minimum atomic E-state index is -4.51. The van der Waals surface area contributed by atoms with E-state index in [1.807, 2.05) is 4.90 Å². The van der Waals surface area contributed by atoms with Gasteiger partial charge < -0.3 is 15.0 Å². The number of amides is 1. The summed E-state index contributed by atoms with van der Waals surface area (Å²) in [6.45, 7) is 2.47. The number of esters is 1. The van der Waals surface area contributed by atoms with Crippen molar-refractivity contribution >= 4 is 23.3 Å². The van der Waals surface area contributed by atoms with Crippen molar-refractivity contribution in [2.75, 3.05) is 29.9 Å². The fourth-order valence-corrected chi connectivity index (χ4v) is 2.55. The van der Waals surface area contributed by atoms with Gasteiger partial charge in [-0.05, 0) is 38.0 Å². The monoisotopic (exact) mass is 356 g/mol. The van der Waals surface area contributed by atoms with Crippen molar-refractivity contribution in [3.63, 3.8) is 0 Å². The highest BCUT2D eigenvalue weighted by Gasteiger charge is 2.32. The molecule has 1 heterocycles. The Labute approximate surface area is 143 Å². The Morgan fingerprint density at radius 2 is 1.96 bits per heavy atom. The second-order valence-electron chi connectivity index (χ2n) is 5.58. The number of benzene rings is 1. The molecule has 8 heteroatoms. The topological polar surface area (TPSA) is 58.6 Å². The average Bonchev–Trinajstić information content (AvgIpc) is 3.06. The number of ether oxygens (including phenoxy) is 1. The highest BCUT2D eigenvalue weighted by Crippen LogP contribution is 2.36. The summed E-state index contributed by atoms with van der Waals surface area (Å²) in [5, 5.41) is 2.42. The van der Waals surface area contributed by atoms with E-state index in [4.69, 9.17) is 4.74 Å². The van der Waals surface area contributed by atoms with Gasteiger partial charge in [0, 0.05) is 19.2 Å². The quantitative estimate of drug-likeness (QED) is 0.649. The summed E-state index contributed by atoms with van der Waals surface area (Å²) in [6.07, 6.45) is -0.0299. The molecule has 0 saturated carbocycles. The number of halogens is 3. The number of carbonyl (C=O) groups is 2. The Balaban J connectivity index is 2.17. The molecule has 0 aromatic heterocycles. The minimum absolute atomic E-state index is 0.0591. The molecule has 1 N–H and O–H groups in total. The maximum absolute atomic E-state index is 12.9. The smallest absolute Gasteiger partial charge is 0.416 e. The first kappa shape index (κ1) is 18.8. The van der Waals surface area contributed by atoms with Gasteiger partial charge in [0.05, 0.1) is 16.9 Å². The van der Waals surface area contributed by atoms with Crippen LogP contribution in [0.4, 0.5) is 24.5 Å². The molecular weight excluding hydrogens is 337 g/mol. The number of nitrogens with zero attached hydrogens (tertiary/aromatic N) is 1. The molecule has 0 spiro atoms. The second kappa shape index (κ2) is 8.04. The molecule has 25 heavy (non-hydrogen) atoms. The van der Waals surface area contributed by atoms with Gasteiger partial charge in [0.1, 0.15) is 0 Å². The van der Waals surface area contributed by atoms with E-state index in [1.165, 1.54) is 12.1 Å². The molecule has 1 aliphatic rings. The summed E-state index contributed by atoms with van der Waals surface area (Å²) < 4.78 is 43.6. The fraction of sp³-hybridized carbons (Fsp3) is 0.412. The van der Waals surface area contributed by atoms with Crippen LogP contribution in [-0.2, 0) is 20.5 Å². The molecule has 0 aliphatic carbocycles. The maximum atomic E-state index is 12.9. The highest BCUT2D eigenvalue weighted by molar-refractivity contribution is 5.96. The normalized spacial score (nSPS) is 14.8. The molecule has 1 fully saturated rings. The molecule has 5 nitrogen and oxygen atoms in total. The molecule has 1 aromatic rings. The first-order valence-electron chi connectivity index (χ1n) is 7.87. The van der Waals surface area contributed by atoms with Crippen LogP contribution in [0, 0.1) is 0 Å². The summed E-state index contributed by atoms with van der Waals surface area (Å²) in [7, 11) is 0. The van der Waals surface area contributed by atoms with Gasteiger partial charge in [0.25, 0.3) is 5.91 Å². The Morgan fingerprint density at radius 3 is 2.56 bits per heavy atom. The summed E-state index contributed by atoms with van der Waals surface area (Å²) in [4.78, 5) is 25.1. The first-order valence-corrected chi connectivity index (χ1v) is 7.87. The fourth-order valence-electron chi connectivity index (χ4n) is 2.55. The Hall–Kier alpha value is -2.51. The zero-order chi connectivity index (χ0) is 18.4. The zero-order valence-electron chi connectivity index (χ0n) is 13.7. The minimum Gasteiger partial charge on any atom is -0.452 e. The zero-order valence-corrected chi connectivity index (χ0v) is 13.7. The Kier molecular flexibility index (Phi) is 6.06. The SMILES string of the molecule is C/C=C/C(=O)OCC(=O)Nc1cc(C(F)(F)F)ccc1N1CCCC1. The van der Waals surface area contributed by atoms with Crippen LogP contribution in [0.3, 0.4) is 0 Å². The predicted molar refractivity (Wildman–Crippen MR) is 87.3 cm³/mol. The van der Waals surface area contributed by atoms with Gasteiger partial charge in [0.15, 0.2) is 6.61 Å². The van der Waals surface area contributed by atoms with Gasteiger partial charge in [-0.2, -0.15) is 13.2 Å². The van der Waals surface area contributed by atoms with Gasteiger partial charge in [-0.1, -0.05) is 6.08 Å². The van der Waals surface area contributed by atoms with Crippen LogP contribution in [0.2, 0.25) is 0 Å². The van der Waals surface area contributed by atoms with E-state index in [0.717, 1.165) is 31.1 Å². The van der Waals surface area contributed by atoms with Crippen LogP contribution in [0.1, 0.15) is 25.3 Å². The largest absolute Gasteiger partial charge is 0.452 e. The third-order valence-corrected chi connectivity index (χ3v) is 3.69. The van der Waals surface area contributed by atoms with Crippen molar-refractivity contribution in [2.45, 2.75) is 25.9 Å². The molecule has 0 unspecified atom stereocenters. The van der Waals surface area contributed by atoms with Gasteiger partial charge in [-0.3, -0.25) is 4.79 Å². The molecule has 0 bridgehead atoms. The number of hydrogen-bond acceptors (Lipinski definition) is 4. The average molecular weight is 356 g/mol. The van der Waals surface area contributed by atoms with Gasteiger partial charge in [-0.25, -0.2) is 4.79 Å². The van der Waals surface area contributed by atoms with Crippen molar-refractivity contribution in [3.05, 3.63) is 35.9 Å². The molecule has 1 aliphatic heterocycles. The van der Waals surface area contributed by atoms with Crippen molar-refractivity contribution in [2.24, 2.45) is 0 Å². The molecular formula is C17H19F3N2O3. The van der Waals surface area contributed by atoms with E-state index in [0.29, 0.717) is 18.8 Å². The van der Waals surface area contributed by atoms with Crippen LogP contribution in [-0.4, -0.2) is 31.6 Å². The van der Waals surface area contributed by atoms with Crippen molar-refractivity contribution in [1.82, 2.24) is 0 Å². The summed E-state index contributed by atoms with van der Waals surface area (Å²) in [5.41, 5.74) is -0.265. The molecule has 1 saturated heterocycles. The van der Waals surface area contributed by atoms with Crippen LogP contribution in [0.25, 0.3) is 0 Å². The van der Waals surface area contributed by atoms with Crippen LogP contribution in [0.15, 0.2) is 30.4 Å². The van der Waals surface area contributed by atoms with Crippen LogP contribution >= 0.6 is 0 Å². The van der Waals surface area contributed by atoms with Crippen LogP contribution in [0.5, 0.6) is 0 Å². The lowest BCUT2D eigenvalue weighted by Crippen LogP contribution is -2.24. The van der Waals surface area contributed by atoms with Gasteiger partial charge in [0.2, 0.25) is 0 Å². The number of alkyl halides is 3. The molecule has 1 amide bonds. The number of allylic oxidation sites excluding steroid dienone is 1. The van der Waals surface area contributed by atoms with E-state index in [-0.39, 0.29) is 5.69 Å². The number of anilines is 2. The highest BCUT2D eigenvalue weighted by atomic mass is 19.4. The van der Waals surface area contributed by atoms with Crippen LogP contribution < -0.4 is 10.2 Å². The van der Waals surface area contributed by atoms with Crippen molar-refractivity contribution in [3.8, 4) is 0 Å². The van der Waals surface area contributed by atoms with E-state index < -0.39 is 30.2 Å². The van der Waals surface area contributed by atoms with E-state index >= 15 is 0 Å². The summed E-state index contributed by atoms with van der Waals surface area (Å²) >= 11 is 0. The molecule has 0 atom stereocenters. The molecule has 1 aromatic carbocycles. The lowest BCUT2D eigenvalue weighted by atomic mass is 10.1. The van der Waals surface area contributed by atoms with Crippen molar-refractivity contribution in [1.29, 1.82) is 0 Å². The number of nitrogens with one attached hydrogen (secondary N) is 1. The first-order chi connectivity index (χ1) is 11.8. The second-order valence-corrected chi connectivity index (χ2v) is 5.58. The standard InChI is InChI=1S/C17H19F3N2O3/c1-2-5-16(24)25-11-15(23)21-13-10-12(17(18,19)20)6-7-14(13)22-8-3-4-9-22/h2,5-7,10H,3-4,8-9,11H2,1H3,(H,21,23)/b5-2+.